The summed E-state index contributed by atoms with van der Waals surface area (Å²) in [5.41, 5.74) is 2.26. The molecule has 3 heteroatoms. The molecule has 1 aromatic heterocycles. The van der Waals surface area contributed by atoms with Gasteiger partial charge in [0.2, 0.25) is 0 Å². The minimum atomic E-state index is 0.837. The van der Waals surface area contributed by atoms with Crippen LogP contribution in [0.5, 0.6) is 0 Å². The molecule has 0 radical (unpaired) electrons. The summed E-state index contributed by atoms with van der Waals surface area (Å²) >= 11 is 0. The molecule has 2 heterocycles. The normalized spacial score (nSPS) is 16.1. The Kier molecular flexibility index (Phi) is 5.19. The Morgan fingerprint density at radius 3 is 2.94 bits per heavy atom. The van der Waals surface area contributed by atoms with Crippen LogP contribution in [0.25, 0.3) is 0 Å². The van der Waals surface area contributed by atoms with Gasteiger partial charge in [-0.2, -0.15) is 0 Å². The van der Waals surface area contributed by atoms with E-state index in [4.69, 9.17) is 4.74 Å². The van der Waals surface area contributed by atoms with E-state index in [-0.39, 0.29) is 0 Å². The molecule has 0 N–H and O–H groups in total. The molecule has 18 heavy (non-hydrogen) atoms. The fourth-order valence-corrected chi connectivity index (χ4v) is 1.95. The molecule has 2 rings (SSSR count). The maximum absolute atomic E-state index is 5.35. The zero-order valence-electron chi connectivity index (χ0n) is 11.0. The van der Waals surface area contributed by atoms with Crippen molar-refractivity contribution in [3.05, 3.63) is 29.6 Å². The number of aromatic nitrogens is 1. The largest absolute Gasteiger partial charge is 0.379 e. The van der Waals surface area contributed by atoms with Crippen molar-refractivity contribution in [2.75, 3.05) is 26.3 Å². The van der Waals surface area contributed by atoms with Crippen LogP contribution in [0, 0.1) is 11.8 Å². The molecule has 1 fully saturated rings. The van der Waals surface area contributed by atoms with Gasteiger partial charge in [-0.25, -0.2) is 0 Å². The van der Waals surface area contributed by atoms with Crippen LogP contribution in [0.4, 0.5) is 0 Å². The SMILES string of the molecule is CCCC#Cc1cncc(CN2CCOCC2)c1. The van der Waals surface area contributed by atoms with E-state index in [0.29, 0.717) is 0 Å². The number of hydrogen-bond acceptors (Lipinski definition) is 3. The fourth-order valence-electron chi connectivity index (χ4n) is 1.95. The molecule has 1 aliphatic heterocycles. The predicted octanol–water partition coefficient (Wildman–Crippen LogP) is 2.07. The van der Waals surface area contributed by atoms with Gasteiger partial charge in [-0.1, -0.05) is 18.8 Å². The maximum Gasteiger partial charge on any atom is 0.0594 e. The first-order chi connectivity index (χ1) is 8.88. The number of rotatable bonds is 3. The quantitative estimate of drug-likeness (QED) is 0.761. The zero-order valence-corrected chi connectivity index (χ0v) is 11.0. The Morgan fingerprint density at radius 2 is 2.17 bits per heavy atom. The second-order valence-corrected chi connectivity index (χ2v) is 4.52. The standard InChI is InChI=1S/C15H20N2O/c1-2-3-4-5-14-10-15(12-16-11-14)13-17-6-8-18-9-7-17/h10-12H,2-3,6-9,13H2,1H3. The maximum atomic E-state index is 5.35. The molecule has 0 saturated carbocycles. The number of ether oxygens (including phenoxy) is 1. The lowest BCUT2D eigenvalue weighted by Gasteiger charge is -2.26. The Balaban J connectivity index is 1.96. The van der Waals surface area contributed by atoms with Crippen LogP contribution in [-0.2, 0) is 11.3 Å². The minimum Gasteiger partial charge on any atom is -0.379 e. The fraction of sp³-hybridized carbons (Fsp3) is 0.533. The first-order valence-corrected chi connectivity index (χ1v) is 6.61. The van der Waals surface area contributed by atoms with Crippen molar-refractivity contribution in [1.29, 1.82) is 0 Å². The topological polar surface area (TPSA) is 25.4 Å². The summed E-state index contributed by atoms with van der Waals surface area (Å²) in [6.07, 6.45) is 5.83. The molecule has 96 valence electrons. The van der Waals surface area contributed by atoms with Gasteiger partial charge in [0.05, 0.1) is 13.2 Å². The van der Waals surface area contributed by atoms with Gasteiger partial charge in [0.1, 0.15) is 0 Å². The third-order valence-electron chi connectivity index (χ3n) is 2.91. The van der Waals surface area contributed by atoms with Crippen molar-refractivity contribution in [1.82, 2.24) is 9.88 Å². The van der Waals surface area contributed by atoms with Crippen molar-refractivity contribution in [3.8, 4) is 11.8 Å². The van der Waals surface area contributed by atoms with Crippen molar-refractivity contribution < 1.29 is 4.74 Å². The monoisotopic (exact) mass is 244 g/mol. The van der Waals surface area contributed by atoms with Crippen LogP contribution in [0.2, 0.25) is 0 Å². The number of nitrogens with zero attached hydrogens (tertiary/aromatic N) is 2. The van der Waals surface area contributed by atoms with E-state index in [0.717, 1.165) is 51.3 Å². The molecule has 3 nitrogen and oxygen atoms in total. The summed E-state index contributed by atoms with van der Waals surface area (Å²) in [5.74, 6) is 6.33. The molecule has 1 aromatic rings. The van der Waals surface area contributed by atoms with Gasteiger partial charge >= 0.3 is 0 Å². The highest BCUT2D eigenvalue weighted by Gasteiger charge is 2.10. The van der Waals surface area contributed by atoms with Gasteiger partial charge in [0.25, 0.3) is 0 Å². The molecule has 0 bridgehead atoms. The zero-order chi connectivity index (χ0) is 12.6. The van der Waals surface area contributed by atoms with Crippen LogP contribution < -0.4 is 0 Å². The molecule has 0 aliphatic carbocycles. The summed E-state index contributed by atoms with van der Waals surface area (Å²) < 4.78 is 5.35. The Morgan fingerprint density at radius 1 is 1.33 bits per heavy atom. The lowest BCUT2D eigenvalue weighted by Crippen LogP contribution is -2.35. The first-order valence-electron chi connectivity index (χ1n) is 6.61. The number of hydrogen-bond donors (Lipinski definition) is 0. The van der Waals surface area contributed by atoms with Crippen molar-refractivity contribution in [3.63, 3.8) is 0 Å². The number of unbranched alkanes of at least 4 members (excludes halogenated alkanes) is 1. The van der Waals surface area contributed by atoms with E-state index in [2.05, 4.69) is 34.7 Å². The smallest absolute Gasteiger partial charge is 0.0594 e. The van der Waals surface area contributed by atoms with E-state index in [1.807, 2.05) is 12.4 Å². The molecule has 0 spiro atoms. The molecule has 0 atom stereocenters. The molecular weight excluding hydrogens is 224 g/mol. The molecule has 0 unspecified atom stereocenters. The van der Waals surface area contributed by atoms with Gasteiger partial charge in [-0.05, 0) is 18.1 Å². The Hall–Kier alpha value is -1.37. The highest BCUT2D eigenvalue weighted by molar-refractivity contribution is 5.34. The summed E-state index contributed by atoms with van der Waals surface area (Å²) in [5, 5.41) is 0. The predicted molar refractivity (Wildman–Crippen MR) is 72.1 cm³/mol. The Labute approximate surface area is 109 Å². The van der Waals surface area contributed by atoms with E-state index in [1.165, 1.54) is 5.56 Å². The highest BCUT2D eigenvalue weighted by Crippen LogP contribution is 2.07. The van der Waals surface area contributed by atoms with Crippen LogP contribution in [0.1, 0.15) is 30.9 Å². The second kappa shape index (κ2) is 7.15. The molecule has 1 saturated heterocycles. The van der Waals surface area contributed by atoms with Gasteiger partial charge < -0.3 is 4.74 Å². The molecule has 0 amide bonds. The van der Waals surface area contributed by atoms with Crippen LogP contribution in [0.3, 0.4) is 0 Å². The van der Waals surface area contributed by atoms with Crippen molar-refractivity contribution >= 4 is 0 Å². The van der Waals surface area contributed by atoms with Crippen LogP contribution >= 0.6 is 0 Å². The van der Waals surface area contributed by atoms with E-state index in [1.54, 1.807) is 0 Å². The third-order valence-corrected chi connectivity index (χ3v) is 2.91. The van der Waals surface area contributed by atoms with Gasteiger partial charge in [-0.15, -0.1) is 0 Å². The summed E-state index contributed by atoms with van der Waals surface area (Å²) in [7, 11) is 0. The van der Waals surface area contributed by atoms with E-state index >= 15 is 0 Å². The lowest BCUT2D eigenvalue weighted by molar-refractivity contribution is 0.0341. The highest BCUT2D eigenvalue weighted by atomic mass is 16.5. The lowest BCUT2D eigenvalue weighted by atomic mass is 10.2. The molecule has 1 aliphatic rings. The van der Waals surface area contributed by atoms with Gasteiger partial charge in [-0.3, -0.25) is 9.88 Å². The average Bonchev–Trinajstić information content (AvgIpc) is 2.41. The molecular formula is C15H20N2O. The van der Waals surface area contributed by atoms with Crippen molar-refractivity contribution in [2.24, 2.45) is 0 Å². The summed E-state index contributed by atoms with van der Waals surface area (Å²) in [4.78, 5) is 6.66. The third kappa shape index (κ3) is 4.14. The second-order valence-electron chi connectivity index (χ2n) is 4.52. The first kappa shape index (κ1) is 13.1. The van der Waals surface area contributed by atoms with Crippen LogP contribution in [0.15, 0.2) is 18.5 Å². The number of pyridine rings is 1. The minimum absolute atomic E-state index is 0.837. The van der Waals surface area contributed by atoms with Gasteiger partial charge in [0, 0.05) is 44.0 Å². The number of morpholine rings is 1. The average molecular weight is 244 g/mol. The van der Waals surface area contributed by atoms with Gasteiger partial charge in [0.15, 0.2) is 0 Å². The Bertz CT molecular complexity index is 428. The van der Waals surface area contributed by atoms with Crippen molar-refractivity contribution in [2.45, 2.75) is 26.3 Å². The van der Waals surface area contributed by atoms with E-state index in [9.17, 15) is 0 Å². The summed E-state index contributed by atoms with van der Waals surface area (Å²) in [6.45, 7) is 6.77. The molecule has 0 aromatic carbocycles. The summed E-state index contributed by atoms with van der Waals surface area (Å²) in [6, 6.07) is 2.14. The van der Waals surface area contributed by atoms with E-state index < -0.39 is 0 Å². The van der Waals surface area contributed by atoms with Crippen LogP contribution in [-0.4, -0.2) is 36.2 Å².